The average Bonchev–Trinajstić information content (AvgIpc) is 3.34. The van der Waals surface area contributed by atoms with Gasteiger partial charge >= 0.3 is 6.03 Å². The molecule has 0 aliphatic carbocycles. The molecule has 0 aliphatic heterocycles. The number of amides is 2. The topological polar surface area (TPSA) is 117 Å². The molecule has 0 spiro atoms. The van der Waals surface area contributed by atoms with Crippen LogP contribution in [-0.2, 0) is 0 Å². The van der Waals surface area contributed by atoms with Crippen molar-refractivity contribution in [1.29, 1.82) is 5.26 Å². The summed E-state index contributed by atoms with van der Waals surface area (Å²) in [6.45, 7) is 4.04. The lowest BCUT2D eigenvalue weighted by molar-refractivity contribution is 0.262. The van der Waals surface area contributed by atoms with Crippen LogP contribution in [-0.4, -0.2) is 21.2 Å². The molecule has 10 heteroatoms. The van der Waals surface area contributed by atoms with Gasteiger partial charge in [0.05, 0.1) is 35.0 Å². The number of aromatic nitrogens is 3. The Labute approximate surface area is 180 Å². The second-order valence-corrected chi connectivity index (χ2v) is 8.99. The number of urea groups is 1. The van der Waals surface area contributed by atoms with Crippen LogP contribution in [0.1, 0.15) is 29.0 Å². The standard InChI is InChI=1S/C20H16N6O2S2/c1-11-10-28-17-9-22-16(7-15(11)17)12(2)29-20-26-25-19(30-20)24-18(27)23-14-5-3-4-13(6-14)8-21/h3-7,9-10,12H,1-2H3,(H2,23,24,25,27). The van der Waals surface area contributed by atoms with Crippen LogP contribution in [0.25, 0.3) is 11.0 Å². The Balaban J connectivity index is 1.38. The van der Waals surface area contributed by atoms with E-state index >= 15 is 0 Å². The predicted molar refractivity (Wildman–Crippen MR) is 117 cm³/mol. The molecule has 30 heavy (non-hydrogen) atoms. The zero-order valence-electron chi connectivity index (χ0n) is 16.0. The van der Waals surface area contributed by atoms with Crippen molar-refractivity contribution in [2.45, 2.75) is 23.4 Å². The summed E-state index contributed by atoms with van der Waals surface area (Å²) in [5.41, 5.74) is 3.74. The zero-order chi connectivity index (χ0) is 21.1. The largest absolute Gasteiger partial charge is 0.462 e. The summed E-state index contributed by atoms with van der Waals surface area (Å²) in [4.78, 5) is 16.6. The van der Waals surface area contributed by atoms with Crippen molar-refractivity contribution in [1.82, 2.24) is 15.2 Å². The highest BCUT2D eigenvalue weighted by atomic mass is 32.2. The van der Waals surface area contributed by atoms with Crippen molar-refractivity contribution in [3.05, 3.63) is 59.6 Å². The molecule has 1 atom stereocenters. The fourth-order valence-corrected chi connectivity index (χ4v) is 4.72. The van der Waals surface area contributed by atoms with Crippen LogP contribution in [0.3, 0.4) is 0 Å². The number of thioether (sulfide) groups is 1. The zero-order valence-corrected chi connectivity index (χ0v) is 17.7. The lowest BCUT2D eigenvalue weighted by atomic mass is 10.2. The van der Waals surface area contributed by atoms with Gasteiger partial charge in [0.25, 0.3) is 0 Å². The first kappa shape index (κ1) is 19.9. The van der Waals surface area contributed by atoms with Crippen molar-refractivity contribution in [3.8, 4) is 6.07 Å². The summed E-state index contributed by atoms with van der Waals surface area (Å²) in [5, 5.41) is 23.9. The summed E-state index contributed by atoms with van der Waals surface area (Å²) < 4.78 is 6.16. The monoisotopic (exact) mass is 436 g/mol. The fourth-order valence-electron chi connectivity index (χ4n) is 2.74. The van der Waals surface area contributed by atoms with Gasteiger partial charge in [0.15, 0.2) is 9.92 Å². The highest BCUT2D eigenvalue weighted by molar-refractivity contribution is 8.01. The summed E-state index contributed by atoms with van der Waals surface area (Å²) in [5.74, 6) is 0. The molecule has 4 aromatic rings. The van der Waals surface area contributed by atoms with E-state index < -0.39 is 6.03 Å². The Morgan fingerprint density at radius 3 is 3.00 bits per heavy atom. The van der Waals surface area contributed by atoms with E-state index in [1.807, 2.05) is 26.0 Å². The van der Waals surface area contributed by atoms with Crippen molar-refractivity contribution < 1.29 is 9.21 Å². The lowest BCUT2D eigenvalue weighted by Gasteiger charge is -2.08. The smallest absolute Gasteiger partial charge is 0.325 e. The number of carbonyl (C=O) groups is 1. The van der Waals surface area contributed by atoms with E-state index in [-0.39, 0.29) is 5.25 Å². The molecule has 1 unspecified atom stereocenters. The first-order chi connectivity index (χ1) is 14.5. The average molecular weight is 437 g/mol. The van der Waals surface area contributed by atoms with Gasteiger partial charge in [-0.25, -0.2) is 4.79 Å². The Morgan fingerprint density at radius 1 is 1.30 bits per heavy atom. The third-order valence-electron chi connectivity index (χ3n) is 4.25. The number of rotatable bonds is 5. The van der Waals surface area contributed by atoms with Crippen molar-refractivity contribution in [3.63, 3.8) is 0 Å². The molecule has 3 aromatic heterocycles. The van der Waals surface area contributed by atoms with Crippen molar-refractivity contribution in [2.75, 3.05) is 10.6 Å². The molecular weight excluding hydrogens is 420 g/mol. The molecular formula is C20H16N6O2S2. The quantitative estimate of drug-likeness (QED) is 0.319. The Morgan fingerprint density at radius 2 is 2.17 bits per heavy atom. The van der Waals surface area contributed by atoms with Crippen LogP contribution in [0.4, 0.5) is 15.6 Å². The Bertz CT molecular complexity index is 1260. The number of aryl methyl sites for hydroxylation is 1. The van der Waals surface area contributed by atoms with Crippen molar-refractivity contribution >= 4 is 50.9 Å². The summed E-state index contributed by atoms with van der Waals surface area (Å²) in [6, 6.07) is 10.3. The SMILES string of the molecule is Cc1coc2cnc(C(C)Sc3nnc(NC(=O)Nc4cccc(C#N)c4)s3)cc12. The number of nitriles is 1. The number of benzene rings is 1. The summed E-state index contributed by atoms with van der Waals surface area (Å²) >= 11 is 2.80. The van der Waals surface area contributed by atoms with Gasteiger partial charge in [0.2, 0.25) is 5.13 Å². The minimum absolute atomic E-state index is 0.0482. The molecule has 0 bridgehead atoms. The maximum atomic E-state index is 12.2. The number of hydrogen-bond donors (Lipinski definition) is 2. The van der Waals surface area contributed by atoms with Gasteiger partial charge in [0, 0.05) is 11.1 Å². The van der Waals surface area contributed by atoms with Gasteiger partial charge in [-0.05, 0) is 43.7 Å². The Kier molecular flexibility index (Phi) is 5.65. The Hall–Kier alpha value is -3.42. The van der Waals surface area contributed by atoms with Gasteiger partial charge in [-0.15, -0.1) is 10.2 Å². The van der Waals surface area contributed by atoms with E-state index in [1.54, 1.807) is 36.7 Å². The van der Waals surface area contributed by atoms with Crippen LogP contribution in [0, 0.1) is 18.3 Å². The fraction of sp³-hybridized carbons (Fsp3) is 0.150. The minimum atomic E-state index is -0.451. The predicted octanol–water partition coefficient (Wildman–Crippen LogP) is 5.36. The summed E-state index contributed by atoms with van der Waals surface area (Å²) in [6.07, 6.45) is 3.45. The maximum absolute atomic E-state index is 12.2. The molecule has 3 heterocycles. The molecule has 150 valence electrons. The van der Waals surface area contributed by atoms with Gasteiger partial charge < -0.3 is 9.73 Å². The normalized spacial score (nSPS) is 11.8. The molecule has 0 radical (unpaired) electrons. The van der Waals surface area contributed by atoms with E-state index in [9.17, 15) is 4.79 Å². The number of anilines is 2. The first-order valence-electron chi connectivity index (χ1n) is 8.94. The number of fused-ring (bicyclic) bond motifs is 1. The first-order valence-corrected chi connectivity index (χ1v) is 10.6. The van der Waals surface area contributed by atoms with Gasteiger partial charge in [-0.3, -0.25) is 10.3 Å². The maximum Gasteiger partial charge on any atom is 0.325 e. The minimum Gasteiger partial charge on any atom is -0.462 e. The molecule has 0 saturated heterocycles. The highest BCUT2D eigenvalue weighted by Gasteiger charge is 2.16. The van der Waals surface area contributed by atoms with Crippen LogP contribution >= 0.6 is 23.1 Å². The summed E-state index contributed by atoms with van der Waals surface area (Å²) in [7, 11) is 0. The van der Waals surface area contributed by atoms with Crippen molar-refractivity contribution in [2.24, 2.45) is 0 Å². The molecule has 0 fully saturated rings. The molecule has 2 N–H and O–H groups in total. The van der Waals surface area contributed by atoms with Crippen LogP contribution < -0.4 is 10.6 Å². The van der Waals surface area contributed by atoms with Gasteiger partial charge in [-0.2, -0.15) is 5.26 Å². The molecule has 1 aromatic carbocycles. The molecule has 0 saturated carbocycles. The van der Waals surface area contributed by atoms with Crippen LogP contribution in [0.2, 0.25) is 0 Å². The second kappa shape index (κ2) is 8.52. The molecule has 8 nitrogen and oxygen atoms in total. The van der Waals surface area contributed by atoms with E-state index in [1.165, 1.54) is 23.1 Å². The second-order valence-electron chi connectivity index (χ2n) is 6.43. The number of furan rings is 1. The number of carbonyl (C=O) groups excluding carboxylic acids is 1. The van der Waals surface area contributed by atoms with Gasteiger partial charge in [0.1, 0.15) is 0 Å². The van der Waals surface area contributed by atoms with E-state index in [0.29, 0.717) is 16.4 Å². The van der Waals surface area contributed by atoms with E-state index in [0.717, 1.165) is 26.6 Å². The van der Waals surface area contributed by atoms with Crippen LogP contribution in [0.5, 0.6) is 0 Å². The molecule has 2 amide bonds. The highest BCUT2D eigenvalue weighted by Crippen LogP contribution is 2.37. The number of nitrogens with one attached hydrogen (secondary N) is 2. The number of hydrogen-bond acceptors (Lipinski definition) is 8. The van der Waals surface area contributed by atoms with Gasteiger partial charge in [-0.1, -0.05) is 29.2 Å². The lowest BCUT2D eigenvalue weighted by Crippen LogP contribution is -2.19. The number of pyridine rings is 1. The molecule has 4 rings (SSSR count). The van der Waals surface area contributed by atoms with E-state index in [2.05, 4.69) is 25.8 Å². The third kappa shape index (κ3) is 4.42. The van der Waals surface area contributed by atoms with E-state index in [4.69, 9.17) is 9.68 Å². The number of nitrogens with zero attached hydrogens (tertiary/aromatic N) is 4. The third-order valence-corrected chi connectivity index (χ3v) is 6.30. The molecule has 0 aliphatic rings. The van der Waals surface area contributed by atoms with Crippen LogP contribution in [0.15, 0.2) is 51.5 Å².